The molecule has 0 unspecified atom stereocenters. The zero-order valence-corrected chi connectivity index (χ0v) is 7.68. The standard InChI is InChI=1S/C9H13NO2/c1-4-8(11)5-9-6(2)7(3)10-12-9/h4-5H2,1-3H3. The second-order valence-corrected chi connectivity index (χ2v) is 2.89. The molecule has 3 heteroatoms. The molecular weight excluding hydrogens is 154 g/mol. The number of hydrogen-bond donors (Lipinski definition) is 0. The molecule has 1 aromatic heterocycles. The number of aromatic nitrogens is 1. The molecule has 1 aromatic rings. The van der Waals surface area contributed by atoms with Crippen molar-refractivity contribution < 1.29 is 9.32 Å². The Kier molecular flexibility index (Phi) is 2.63. The summed E-state index contributed by atoms with van der Waals surface area (Å²) >= 11 is 0. The summed E-state index contributed by atoms with van der Waals surface area (Å²) in [6, 6.07) is 0. The van der Waals surface area contributed by atoms with Crippen molar-refractivity contribution in [2.24, 2.45) is 0 Å². The summed E-state index contributed by atoms with van der Waals surface area (Å²) in [5.41, 5.74) is 1.87. The van der Waals surface area contributed by atoms with Gasteiger partial charge in [0.2, 0.25) is 0 Å². The SMILES string of the molecule is CCC(=O)Cc1onc(C)c1C. The van der Waals surface area contributed by atoms with E-state index in [1.54, 1.807) is 0 Å². The van der Waals surface area contributed by atoms with Crippen molar-refractivity contribution in [3.63, 3.8) is 0 Å². The van der Waals surface area contributed by atoms with Gasteiger partial charge in [0.1, 0.15) is 11.5 Å². The van der Waals surface area contributed by atoms with E-state index in [1.807, 2.05) is 20.8 Å². The minimum Gasteiger partial charge on any atom is -0.360 e. The number of carbonyl (C=O) groups excluding carboxylic acids is 1. The van der Waals surface area contributed by atoms with Crippen LogP contribution in [-0.2, 0) is 11.2 Å². The molecule has 1 rings (SSSR count). The van der Waals surface area contributed by atoms with Crippen molar-refractivity contribution in [3.8, 4) is 0 Å². The zero-order chi connectivity index (χ0) is 9.14. The van der Waals surface area contributed by atoms with Gasteiger partial charge >= 0.3 is 0 Å². The molecule has 0 aliphatic carbocycles. The van der Waals surface area contributed by atoms with E-state index in [0.717, 1.165) is 11.3 Å². The van der Waals surface area contributed by atoms with Crippen LogP contribution in [0.2, 0.25) is 0 Å². The largest absolute Gasteiger partial charge is 0.360 e. The maximum atomic E-state index is 11.1. The molecule has 3 nitrogen and oxygen atoms in total. The van der Waals surface area contributed by atoms with E-state index in [2.05, 4.69) is 5.16 Å². The summed E-state index contributed by atoms with van der Waals surface area (Å²) in [6.07, 6.45) is 0.933. The van der Waals surface area contributed by atoms with E-state index in [-0.39, 0.29) is 5.78 Å². The summed E-state index contributed by atoms with van der Waals surface area (Å²) in [7, 11) is 0. The molecule has 0 fully saturated rings. The Morgan fingerprint density at radius 1 is 1.50 bits per heavy atom. The molecule has 0 radical (unpaired) electrons. The molecule has 66 valence electrons. The van der Waals surface area contributed by atoms with Gasteiger partial charge in [-0.15, -0.1) is 0 Å². The number of carbonyl (C=O) groups is 1. The van der Waals surface area contributed by atoms with Gasteiger partial charge in [-0.1, -0.05) is 12.1 Å². The van der Waals surface area contributed by atoms with Crippen molar-refractivity contribution in [2.45, 2.75) is 33.6 Å². The first-order chi connectivity index (χ1) is 5.65. The van der Waals surface area contributed by atoms with Gasteiger partial charge in [-0.05, 0) is 13.8 Å². The highest BCUT2D eigenvalue weighted by Gasteiger charge is 2.10. The number of nitrogens with zero attached hydrogens (tertiary/aromatic N) is 1. The maximum Gasteiger partial charge on any atom is 0.147 e. The molecule has 0 aromatic carbocycles. The Balaban J connectivity index is 2.76. The van der Waals surface area contributed by atoms with Gasteiger partial charge in [0.25, 0.3) is 0 Å². The van der Waals surface area contributed by atoms with Crippen molar-refractivity contribution in [3.05, 3.63) is 17.0 Å². The summed E-state index contributed by atoms with van der Waals surface area (Å²) in [5, 5.41) is 3.78. The zero-order valence-electron chi connectivity index (χ0n) is 7.68. The maximum absolute atomic E-state index is 11.1. The van der Waals surface area contributed by atoms with Crippen LogP contribution in [0.15, 0.2) is 4.52 Å². The molecule has 0 N–H and O–H groups in total. The fraction of sp³-hybridized carbons (Fsp3) is 0.556. The third-order valence-corrected chi connectivity index (χ3v) is 2.01. The number of hydrogen-bond acceptors (Lipinski definition) is 3. The van der Waals surface area contributed by atoms with Gasteiger partial charge < -0.3 is 4.52 Å². The number of aryl methyl sites for hydroxylation is 1. The topological polar surface area (TPSA) is 43.1 Å². The van der Waals surface area contributed by atoms with Crippen LogP contribution in [0, 0.1) is 13.8 Å². The summed E-state index contributed by atoms with van der Waals surface area (Å²) < 4.78 is 5.00. The molecular formula is C9H13NO2. The van der Waals surface area contributed by atoms with Crippen LogP contribution in [0.4, 0.5) is 0 Å². The highest BCUT2D eigenvalue weighted by molar-refractivity contribution is 5.80. The Morgan fingerprint density at radius 2 is 2.17 bits per heavy atom. The molecule has 0 saturated heterocycles. The summed E-state index contributed by atoms with van der Waals surface area (Å²) in [5.74, 6) is 0.897. The van der Waals surface area contributed by atoms with Crippen molar-refractivity contribution in [2.75, 3.05) is 0 Å². The monoisotopic (exact) mass is 167 g/mol. The fourth-order valence-corrected chi connectivity index (χ4v) is 0.931. The van der Waals surface area contributed by atoms with Crippen LogP contribution in [0.1, 0.15) is 30.4 Å². The molecule has 0 saturated carbocycles. The van der Waals surface area contributed by atoms with Gasteiger partial charge in [0, 0.05) is 12.0 Å². The molecule has 0 aliphatic heterocycles. The van der Waals surface area contributed by atoms with E-state index < -0.39 is 0 Å². The lowest BCUT2D eigenvalue weighted by molar-refractivity contribution is -0.118. The molecule has 0 amide bonds. The van der Waals surface area contributed by atoms with Crippen molar-refractivity contribution >= 4 is 5.78 Å². The first-order valence-corrected chi connectivity index (χ1v) is 4.08. The molecule has 0 atom stereocenters. The average Bonchev–Trinajstić information content (AvgIpc) is 2.36. The van der Waals surface area contributed by atoms with E-state index in [0.29, 0.717) is 18.6 Å². The Morgan fingerprint density at radius 3 is 2.58 bits per heavy atom. The third-order valence-electron chi connectivity index (χ3n) is 2.01. The minimum atomic E-state index is 0.189. The predicted octanol–water partition coefficient (Wildman–Crippen LogP) is 1.81. The van der Waals surface area contributed by atoms with Gasteiger partial charge in [-0.3, -0.25) is 4.79 Å². The normalized spacial score (nSPS) is 10.2. The van der Waals surface area contributed by atoms with E-state index in [4.69, 9.17) is 4.52 Å². The van der Waals surface area contributed by atoms with Crippen LogP contribution < -0.4 is 0 Å². The Labute approximate surface area is 71.7 Å². The minimum absolute atomic E-state index is 0.189. The number of Topliss-reactive ketones (excluding diaryl/α,β-unsaturated/α-hetero) is 1. The summed E-state index contributed by atoms with van der Waals surface area (Å²) in [6.45, 7) is 5.64. The Hall–Kier alpha value is -1.12. The molecule has 1 heterocycles. The van der Waals surface area contributed by atoms with Gasteiger partial charge in [0.15, 0.2) is 0 Å². The second-order valence-electron chi connectivity index (χ2n) is 2.89. The fourth-order valence-electron chi connectivity index (χ4n) is 0.931. The van der Waals surface area contributed by atoms with Crippen LogP contribution in [0.3, 0.4) is 0 Å². The van der Waals surface area contributed by atoms with Crippen molar-refractivity contribution in [1.82, 2.24) is 5.16 Å². The predicted molar refractivity (Wildman–Crippen MR) is 45.0 cm³/mol. The quantitative estimate of drug-likeness (QED) is 0.689. The van der Waals surface area contributed by atoms with Crippen LogP contribution >= 0.6 is 0 Å². The lowest BCUT2D eigenvalue weighted by Gasteiger charge is -1.93. The van der Waals surface area contributed by atoms with Crippen LogP contribution in [0.25, 0.3) is 0 Å². The number of rotatable bonds is 3. The van der Waals surface area contributed by atoms with Gasteiger partial charge in [-0.25, -0.2) is 0 Å². The molecule has 0 spiro atoms. The first-order valence-electron chi connectivity index (χ1n) is 4.08. The highest BCUT2D eigenvalue weighted by Crippen LogP contribution is 2.12. The van der Waals surface area contributed by atoms with Gasteiger partial charge in [0.05, 0.1) is 12.1 Å². The van der Waals surface area contributed by atoms with Crippen molar-refractivity contribution in [1.29, 1.82) is 0 Å². The van der Waals surface area contributed by atoms with Crippen LogP contribution in [0.5, 0.6) is 0 Å². The molecule has 0 bridgehead atoms. The van der Waals surface area contributed by atoms with E-state index in [9.17, 15) is 4.79 Å². The van der Waals surface area contributed by atoms with E-state index in [1.165, 1.54) is 0 Å². The second kappa shape index (κ2) is 3.52. The van der Waals surface area contributed by atoms with E-state index >= 15 is 0 Å². The average molecular weight is 167 g/mol. The first kappa shape index (κ1) is 8.97. The molecule has 12 heavy (non-hydrogen) atoms. The Bertz CT molecular complexity index is 289. The molecule has 0 aliphatic rings. The summed E-state index contributed by atoms with van der Waals surface area (Å²) in [4.78, 5) is 11.1. The lowest BCUT2D eigenvalue weighted by atomic mass is 10.1. The van der Waals surface area contributed by atoms with Gasteiger partial charge in [-0.2, -0.15) is 0 Å². The van der Waals surface area contributed by atoms with Crippen LogP contribution in [-0.4, -0.2) is 10.9 Å². The lowest BCUT2D eigenvalue weighted by Crippen LogP contribution is -2.00. The third kappa shape index (κ3) is 1.72. The smallest absolute Gasteiger partial charge is 0.147 e. The highest BCUT2D eigenvalue weighted by atomic mass is 16.5. The number of ketones is 1.